The Balaban J connectivity index is 1.93. The second kappa shape index (κ2) is 7.00. The summed E-state index contributed by atoms with van der Waals surface area (Å²) in [4.78, 5) is 26.4. The fraction of sp³-hybridized carbons (Fsp3) is 0.158. The molecule has 1 aliphatic rings. The Hall–Kier alpha value is -3.08. The fourth-order valence-electron chi connectivity index (χ4n) is 2.44. The van der Waals surface area contributed by atoms with E-state index in [1.807, 2.05) is 36.4 Å². The standard InChI is InChI=1S/C19H17NO4/c1-2-23-19(22)16-13-20(15-11-7-4-8-12-15)18(24-16)17(21)14-9-5-3-6-10-14/h3-13,18H,2H2,1H3. The van der Waals surface area contributed by atoms with Gasteiger partial charge in [0.15, 0.2) is 0 Å². The summed E-state index contributed by atoms with van der Waals surface area (Å²) in [6.45, 7) is 1.96. The summed E-state index contributed by atoms with van der Waals surface area (Å²) in [6, 6.07) is 18.1. The Morgan fingerprint density at radius 3 is 2.29 bits per heavy atom. The van der Waals surface area contributed by atoms with Gasteiger partial charge in [0.1, 0.15) is 0 Å². The molecule has 0 bridgehead atoms. The lowest BCUT2D eigenvalue weighted by Crippen LogP contribution is -2.36. The smallest absolute Gasteiger partial charge is 0.375 e. The van der Waals surface area contributed by atoms with E-state index in [0.717, 1.165) is 5.69 Å². The fourth-order valence-corrected chi connectivity index (χ4v) is 2.44. The highest BCUT2D eigenvalue weighted by molar-refractivity contribution is 6.03. The zero-order chi connectivity index (χ0) is 16.9. The van der Waals surface area contributed by atoms with Crippen molar-refractivity contribution < 1.29 is 19.1 Å². The molecule has 0 amide bonds. The van der Waals surface area contributed by atoms with Gasteiger partial charge in [0.2, 0.25) is 17.8 Å². The molecule has 3 rings (SSSR count). The van der Waals surface area contributed by atoms with Gasteiger partial charge in [0.05, 0.1) is 12.8 Å². The highest BCUT2D eigenvalue weighted by Gasteiger charge is 2.36. The zero-order valence-corrected chi connectivity index (χ0v) is 13.2. The van der Waals surface area contributed by atoms with Crippen molar-refractivity contribution in [3.63, 3.8) is 0 Å². The van der Waals surface area contributed by atoms with Crippen LogP contribution >= 0.6 is 0 Å². The minimum Gasteiger partial charge on any atom is -0.460 e. The van der Waals surface area contributed by atoms with Gasteiger partial charge in [-0.3, -0.25) is 4.79 Å². The molecule has 5 heteroatoms. The van der Waals surface area contributed by atoms with Crippen molar-refractivity contribution >= 4 is 17.4 Å². The van der Waals surface area contributed by atoms with Crippen LogP contribution in [0.4, 0.5) is 5.69 Å². The first kappa shape index (κ1) is 15.8. The maximum absolute atomic E-state index is 12.8. The van der Waals surface area contributed by atoms with Crippen molar-refractivity contribution in [3.8, 4) is 0 Å². The quantitative estimate of drug-likeness (QED) is 0.625. The molecule has 0 N–H and O–H groups in total. The van der Waals surface area contributed by atoms with Crippen molar-refractivity contribution in [2.75, 3.05) is 11.5 Å². The number of carbonyl (C=O) groups excluding carboxylic acids is 2. The van der Waals surface area contributed by atoms with Gasteiger partial charge in [-0.2, -0.15) is 0 Å². The number of anilines is 1. The molecule has 1 aliphatic heterocycles. The molecule has 24 heavy (non-hydrogen) atoms. The second-order valence-corrected chi connectivity index (χ2v) is 5.16. The molecule has 0 fully saturated rings. The van der Waals surface area contributed by atoms with Gasteiger partial charge in [0, 0.05) is 11.3 Å². The third kappa shape index (κ3) is 3.15. The average molecular weight is 323 g/mol. The molecule has 2 aromatic rings. The van der Waals surface area contributed by atoms with E-state index in [4.69, 9.17) is 9.47 Å². The first-order chi connectivity index (χ1) is 11.7. The number of hydrogen-bond acceptors (Lipinski definition) is 5. The highest BCUT2D eigenvalue weighted by atomic mass is 16.6. The number of hydrogen-bond donors (Lipinski definition) is 0. The summed E-state index contributed by atoms with van der Waals surface area (Å²) in [6.07, 6.45) is 0.577. The summed E-state index contributed by atoms with van der Waals surface area (Å²) in [5.74, 6) is -0.785. The zero-order valence-electron chi connectivity index (χ0n) is 13.2. The number of benzene rings is 2. The van der Waals surface area contributed by atoms with Crippen molar-refractivity contribution in [2.45, 2.75) is 13.2 Å². The number of ether oxygens (including phenoxy) is 2. The predicted octanol–water partition coefficient (Wildman–Crippen LogP) is 3.14. The predicted molar refractivity (Wildman–Crippen MR) is 89.3 cm³/mol. The number of nitrogens with zero attached hydrogens (tertiary/aromatic N) is 1. The lowest BCUT2D eigenvalue weighted by Gasteiger charge is -2.23. The van der Waals surface area contributed by atoms with Crippen molar-refractivity contribution in [1.29, 1.82) is 0 Å². The molecule has 1 heterocycles. The lowest BCUT2D eigenvalue weighted by molar-refractivity contribution is -0.142. The molecule has 1 atom stereocenters. The monoisotopic (exact) mass is 323 g/mol. The minimum atomic E-state index is -0.936. The molecule has 0 saturated heterocycles. The number of ketones is 1. The summed E-state index contributed by atoms with van der Waals surface area (Å²) in [7, 11) is 0. The summed E-state index contributed by atoms with van der Waals surface area (Å²) < 4.78 is 10.6. The van der Waals surface area contributed by atoms with Gasteiger partial charge < -0.3 is 14.4 Å². The molecule has 2 aromatic carbocycles. The summed E-state index contributed by atoms with van der Waals surface area (Å²) in [5, 5.41) is 0. The SMILES string of the molecule is CCOC(=O)C1=CN(c2ccccc2)C(C(=O)c2ccccc2)O1. The molecule has 0 spiro atoms. The van der Waals surface area contributed by atoms with Crippen LogP contribution in [-0.4, -0.2) is 24.6 Å². The van der Waals surface area contributed by atoms with Crippen molar-refractivity contribution in [1.82, 2.24) is 0 Å². The lowest BCUT2D eigenvalue weighted by atomic mass is 10.1. The van der Waals surface area contributed by atoms with Crippen molar-refractivity contribution in [3.05, 3.63) is 78.2 Å². The number of esters is 1. The molecular weight excluding hydrogens is 306 g/mol. The van der Waals surface area contributed by atoms with E-state index in [2.05, 4.69) is 0 Å². The molecule has 5 nitrogen and oxygen atoms in total. The van der Waals surface area contributed by atoms with Gasteiger partial charge >= 0.3 is 5.97 Å². The average Bonchev–Trinajstić information content (AvgIpc) is 3.08. The first-order valence-corrected chi connectivity index (χ1v) is 7.69. The van der Waals surface area contributed by atoms with Crippen LogP contribution in [0.15, 0.2) is 72.6 Å². The van der Waals surface area contributed by atoms with Crippen LogP contribution in [0, 0.1) is 0 Å². The van der Waals surface area contributed by atoms with Crippen LogP contribution < -0.4 is 4.90 Å². The third-order valence-corrected chi connectivity index (χ3v) is 3.56. The number of Topliss-reactive ketones (excluding diaryl/α,β-unsaturated/α-hetero) is 1. The Morgan fingerprint density at radius 2 is 1.67 bits per heavy atom. The highest BCUT2D eigenvalue weighted by Crippen LogP contribution is 2.28. The molecule has 122 valence electrons. The van der Waals surface area contributed by atoms with Gasteiger partial charge in [-0.1, -0.05) is 48.5 Å². The van der Waals surface area contributed by atoms with E-state index in [1.54, 1.807) is 36.1 Å². The van der Waals surface area contributed by atoms with Gasteiger partial charge in [-0.25, -0.2) is 4.79 Å². The van der Waals surface area contributed by atoms with E-state index in [-0.39, 0.29) is 18.1 Å². The largest absolute Gasteiger partial charge is 0.460 e. The normalized spacial score (nSPS) is 16.3. The van der Waals surface area contributed by atoms with Crippen LogP contribution in [0.5, 0.6) is 0 Å². The van der Waals surface area contributed by atoms with E-state index in [1.165, 1.54) is 6.20 Å². The second-order valence-electron chi connectivity index (χ2n) is 5.16. The molecule has 0 radical (unpaired) electrons. The number of carbonyl (C=O) groups is 2. The van der Waals surface area contributed by atoms with Crippen LogP contribution in [-0.2, 0) is 14.3 Å². The summed E-state index contributed by atoms with van der Waals surface area (Å²) in [5.41, 5.74) is 1.27. The van der Waals surface area contributed by atoms with Crippen LogP contribution in [0.3, 0.4) is 0 Å². The van der Waals surface area contributed by atoms with E-state index >= 15 is 0 Å². The van der Waals surface area contributed by atoms with E-state index < -0.39 is 12.2 Å². The molecular formula is C19H17NO4. The Bertz CT molecular complexity index is 755. The molecule has 0 saturated carbocycles. The van der Waals surface area contributed by atoms with Crippen molar-refractivity contribution in [2.24, 2.45) is 0 Å². The van der Waals surface area contributed by atoms with Gasteiger partial charge in [-0.15, -0.1) is 0 Å². The topological polar surface area (TPSA) is 55.8 Å². The Morgan fingerprint density at radius 1 is 1.04 bits per heavy atom. The first-order valence-electron chi connectivity index (χ1n) is 7.69. The Labute approximate surface area is 140 Å². The van der Waals surface area contributed by atoms with Crippen LogP contribution in [0.2, 0.25) is 0 Å². The Kier molecular flexibility index (Phi) is 4.61. The molecule has 0 aliphatic carbocycles. The summed E-state index contributed by atoms with van der Waals surface area (Å²) >= 11 is 0. The third-order valence-electron chi connectivity index (χ3n) is 3.56. The maximum Gasteiger partial charge on any atom is 0.375 e. The van der Waals surface area contributed by atoms with E-state index in [9.17, 15) is 9.59 Å². The van der Waals surface area contributed by atoms with Crippen LogP contribution in [0.25, 0.3) is 0 Å². The number of rotatable bonds is 5. The molecule has 0 aromatic heterocycles. The van der Waals surface area contributed by atoms with E-state index in [0.29, 0.717) is 5.56 Å². The van der Waals surface area contributed by atoms with Crippen LogP contribution in [0.1, 0.15) is 17.3 Å². The molecule has 1 unspecified atom stereocenters. The minimum absolute atomic E-state index is 0.0231. The van der Waals surface area contributed by atoms with Gasteiger partial charge in [-0.05, 0) is 19.1 Å². The maximum atomic E-state index is 12.8. The van der Waals surface area contributed by atoms with Gasteiger partial charge in [0.25, 0.3) is 0 Å². The number of para-hydroxylation sites is 1.